The maximum atomic E-state index is 13.0. The summed E-state index contributed by atoms with van der Waals surface area (Å²) in [5.41, 5.74) is 1.37. The minimum absolute atomic E-state index is 0.116. The molecule has 174 valence electrons. The van der Waals surface area contributed by atoms with Crippen LogP contribution in [0.3, 0.4) is 0 Å². The second-order valence-corrected chi connectivity index (χ2v) is 8.27. The zero-order valence-electron chi connectivity index (χ0n) is 18.9. The molecular formula is C23H27N5O4S. The molecule has 0 unspecified atom stereocenters. The van der Waals surface area contributed by atoms with Gasteiger partial charge in [-0.15, -0.1) is 10.2 Å². The van der Waals surface area contributed by atoms with Crippen LogP contribution in [0.15, 0.2) is 48.5 Å². The fraction of sp³-hybridized carbons (Fsp3) is 0.304. The summed E-state index contributed by atoms with van der Waals surface area (Å²) in [7, 11) is 3.05. The number of nitrogens with one attached hydrogen (secondary N) is 3. The number of anilines is 2. The topological polar surface area (TPSA) is 114 Å². The van der Waals surface area contributed by atoms with E-state index in [1.807, 2.05) is 44.2 Å². The first-order chi connectivity index (χ1) is 15.9. The summed E-state index contributed by atoms with van der Waals surface area (Å²) in [6.45, 7) is 3.85. The molecule has 2 aromatic carbocycles. The molecule has 0 bridgehead atoms. The molecule has 0 spiro atoms. The van der Waals surface area contributed by atoms with Gasteiger partial charge in [0.15, 0.2) is 0 Å². The largest absolute Gasteiger partial charge is 0.497 e. The standard InChI is InChI=1S/C23H27N5O4S/c1-5-14(2)19(25-22(30)24-17-12-11-16(31-3)13-18(17)32-4)20(29)26-23-28-27-21(33-23)15-9-7-6-8-10-15/h6-14,19H,5H2,1-4H3,(H2,24,25,30)(H,26,28,29)/t14-,19-/m1/s1. The zero-order chi connectivity index (χ0) is 23.8. The highest BCUT2D eigenvalue weighted by Crippen LogP contribution is 2.29. The molecule has 0 radical (unpaired) electrons. The molecule has 3 rings (SSSR count). The summed E-state index contributed by atoms with van der Waals surface area (Å²) >= 11 is 1.27. The highest BCUT2D eigenvalue weighted by molar-refractivity contribution is 7.18. The van der Waals surface area contributed by atoms with Crippen molar-refractivity contribution in [2.45, 2.75) is 26.3 Å². The third-order valence-electron chi connectivity index (χ3n) is 5.11. The molecule has 0 fully saturated rings. The van der Waals surface area contributed by atoms with E-state index in [0.29, 0.717) is 33.7 Å². The molecule has 3 N–H and O–H groups in total. The van der Waals surface area contributed by atoms with Crippen LogP contribution in [0.4, 0.5) is 15.6 Å². The van der Waals surface area contributed by atoms with Crippen molar-refractivity contribution in [3.63, 3.8) is 0 Å². The Labute approximate surface area is 196 Å². The Morgan fingerprint density at radius 2 is 1.79 bits per heavy atom. The molecule has 1 heterocycles. The lowest BCUT2D eigenvalue weighted by atomic mass is 9.98. The van der Waals surface area contributed by atoms with Gasteiger partial charge in [0.25, 0.3) is 0 Å². The number of nitrogens with zero attached hydrogens (tertiary/aromatic N) is 2. The van der Waals surface area contributed by atoms with Crippen molar-refractivity contribution in [2.24, 2.45) is 5.92 Å². The maximum absolute atomic E-state index is 13.0. The van der Waals surface area contributed by atoms with Gasteiger partial charge in [-0.05, 0) is 18.1 Å². The van der Waals surface area contributed by atoms with Crippen molar-refractivity contribution < 1.29 is 19.1 Å². The average molecular weight is 470 g/mol. The number of urea groups is 1. The van der Waals surface area contributed by atoms with Crippen LogP contribution in [0.2, 0.25) is 0 Å². The van der Waals surface area contributed by atoms with Crippen molar-refractivity contribution in [1.82, 2.24) is 15.5 Å². The van der Waals surface area contributed by atoms with Crippen molar-refractivity contribution >= 4 is 34.1 Å². The minimum Gasteiger partial charge on any atom is -0.497 e. The van der Waals surface area contributed by atoms with Gasteiger partial charge in [0, 0.05) is 11.6 Å². The summed E-state index contributed by atoms with van der Waals surface area (Å²) in [4.78, 5) is 25.7. The number of rotatable bonds is 9. The Morgan fingerprint density at radius 1 is 1.03 bits per heavy atom. The van der Waals surface area contributed by atoms with E-state index >= 15 is 0 Å². The number of benzene rings is 2. The Morgan fingerprint density at radius 3 is 2.45 bits per heavy atom. The van der Waals surface area contributed by atoms with E-state index in [0.717, 1.165) is 5.56 Å². The summed E-state index contributed by atoms with van der Waals surface area (Å²) in [6.07, 6.45) is 0.690. The van der Waals surface area contributed by atoms with E-state index in [-0.39, 0.29) is 11.8 Å². The Kier molecular flexibility index (Phi) is 8.20. The molecule has 1 aromatic heterocycles. The van der Waals surface area contributed by atoms with Crippen molar-refractivity contribution in [2.75, 3.05) is 24.9 Å². The lowest BCUT2D eigenvalue weighted by Crippen LogP contribution is -2.49. The number of carbonyl (C=O) groups excluding carboxylic acids is 2. The molecular weight excluding hydrogens is 442 g/mol. The molecule has 9 nitrogen and oxygen atoms in total. The SMILES string of the molecule is CC[C@@H](C)[C@@H](NC(=O)Nc1ccc(OC)cc1OC)C(=O)Nc1nnc(-c2ccccc2)s1. The fourth-order valence-corrected chi connectivity index (χ4v) is 3.81. The van der Waals surface area contributed by atoms with Crippen LogP contribution < -0.4 is 25.4 Å². The van der Waals surface area contributed by atoms with E-state index in [1.165, 1.54) is 18.4 Å². The summed E-state index contributed by atoms with van der Waals surface area (Å²) in [5.74, 6) is 0.560. The Bertz CT molecular complexity index is 1090. The van der Waals surface area contributed by atoms with Gasteiger partial charge in [0.2, 0.25) is 11.0 Å². The molecule has 33 heavy (non-hydrogen) atoms. The van der Waals surface area contributed by atoms with E-state index in [4.69, 9.17) is 9.47 Å². The molecule has 0 aliphatic carbocycles. The second-order valence-electron chi connectivity index (χ2n) is 7.30. The number of ether oxygens (including phenoxy) is 2. The van der Waals surface area contributed by atoms with Crippen LogP contribution in [0, 0.1) is 5.92 Å². The molecule has 0 aliphatic heterocycles. The number of amides is 3. The normalized spacial score (nSPS) is 12.4. The first kappa shape index (κ1) is 24.0. The Balaban J connectivity index is 1.69. The lowest BCUT2D eigenvalue weighted by molar-refractivity contribution is -0.119. The van der Waals surface area contributed by atoms with Crippen LogP contribution in [0.1, 0.15) is 20.3 Å². The van der Waals surface area contributed by atoms with Gasteiger partial charge >= 0.3 is 6.03 Å². The zero-order valence-corrected chi connectivity index (χ0v) is 19.7. The van der Waals surface area contributed by atoms with Gasteiger partial charge in [-0.3, -0.25) is 10.1 Å². The number of carbonyl (C=O) groups is 2. The molecule has 0 aliphatic rings. The van der Waals surface area contributed by atoms with Crippen LogP contribution in [0.25, 0.3) is 10.6 Å². The lowest BCUT2D eigenvalue weighted by Gasteiger charge is -2.23. The quantitative estimate of drug-likeness (QED) is 0.428. The third kappa shape index (κ3) is 6.19. The monoisotopic (exact) mass is 469 g/mol. The van der Waals surface area contributed by atoms with E-state index in [2.05, 4.69) is 26.1 Å². The van der Waals surface area contributed by atoms with Gasteiger partial charge < -0.3 is 20.1 Å². The third-order valence-corrected chi connectivity index (χ3v) is 6.00. The van der Waals surface area contributed by atoms with Crippen molar-refractivity contribution in [1.29, 1.82) is 0 Å². The van der Waals surface area contributed by atoms with Crippen LogP contribution in [0.5, 0.6) is 11.5 Å². The first-order valence-corrected chi connectivity index (χ1v) is 11.3. The van der Waals surface area contributed by atoms with E-state index in [9.17, 15) is 9.59 Å². The van der Waals surface area contributed by atoms with Crippen LogP contribution in [-0.2, 0) is 4.79 Å². The number of hydrogen-bond acceptors (Lipinski definition) is 7. The molecule has 2 atom stereocenters. The predicted octanol–water partition coefficient (Wildman–Crippen LogP) is 4.40. The number of aromatic nitrogens is 2. The van der Waals surface area contributed by atoms with E-state index in [1.54, 1.807) is 25.3 Å². The molecule has 3 amide bonds. The molecule has 3 aromatic rings. The van der Waals surface area contributed by atoms with Gasteiger partial charge in [0.1, 0.15) is 22.5 Å². The highest BCUT2D eigenvalue weighted by atomic mass is 32.1. The fourth-order valence-electron chi connectivity index (χ4n) is 3.06. The number of methoxy groups -OCH3 is 2. The summed E-state index contributed by atoms with van der Waals surface area (Å²) < 4.78 is 10.5. The molecule has 0 saturated carbocycles. The molecule has 10 heteroatoms. The Hall–Kier alpha value is -3.66. The first-order valence-electron chi connectivity index (χ1n) is 10.4. The second kappa shape index (κ2) is 11.3. The summed E-state index contributed by atoms with van der Waals surface area (Å²) in [5, 5.41) is 17.5. The van der Waals surface area contributed by atoms with E-state index < -0.39 is 12.1 Å². The van der Waals surface area contributed by atoms with Gasteiger partial charge in [-0.25, -0.2) is 4.79 Å². The highest BCUT2D eigenvalue weighted by Gasteiger charge is 2.27. The van der Waals surface area contributed by atoms with Gasteiger partial charge in [-0.1, -0.05) is 61.9 Å². The predicted molar refractivity (Wildman–Crippen MR) is 129 cm³/mol. The van der Waals surface area contributed by atoms with Crippen LogP contribution in [-0.4, -0.2) is 42.4 Å². The minimum atomic E-state index is -0.775. The summed E-state index contributed by atoms with van der Waals surface area (Å²) in [6, 6.07) is 13.3. The van der Waals surface area contributed by atoms with Crippen LogP contribution >= 0.6 is 11.3 Å². The van der Waals surface area contributed by atoms with Crippen molar-refractivity contribution in [3.8, 4) is 22.1 Å². The maximum Gasteiger partial charge on any atom is 0.320 e. The average Bonchev–Trinajstić information content (AvgIpc) is 3.31. The number of hydrogen-bond donors (Lipinski definition) is 3. The van der Waals surface area contributed by atoms with Gasteiger partial charge in [0.05, 0.1) is 19.9 Å². The van der Waals surface area contributed by atoms with Crippen molar-refractivity contribution in [3.05, 3.63) is 48.5 Å². The molecule has 0 saturated heterocycles. The smallest absolute Gasteiger partial charge is 0.320 e. The van der Waals surface area contributed by atoms with Gasteiger partial charge in [-0.2, -0.15) is 0 Å².